The minimum atomic E-state index is -0.820. The Balaban J connectivity index is 1.27. The van der Waals surface area contributed by atoms with Gasteiger partial charge in [-0.2, -0.15) is 0 Å². The molecule has 1 heterocycles. The fourth-order valence-electron chi connectivity index (χ4n) is 4.72. The van der Waals surface area contributed by atoms with Gasteiger partial charge in [-0.3, -0.25) is 9.59 Å². The van der Waals surface area contributed by atoms with Gasteiger partial charge < -0.3 is 20.1 Å². The average Bonchev–Trinajstić information content (AvgIpc) is 3.15. The van der Waals surface area contributed by atoms with E-state index in [9.17, 15) is 19.5 Å². The number of carbonyl (C=O) groups excluding carboxylic acids is 2. The molecule has 1 saturated heterocycles. The van der Waals surface area contributed by atoms with Gasteiger partial charge in [-0.1, -0.05) is 55.5 Å². The number of rotatable bonds is 6. The van der Waals surface area contributed by atoms with Gasteiger partial charge in [0.1, 0.15) is 6.61 Å². The number of carbonyl (C=O) groups is 3. The summed E-state index contributed by atoms with van der Waals surface area (Å²) in [5.41, 5.74) is 3.85. The van der Waals surface area contributed by atoms with Crippen molar-refractivity contribution in [3.8, 4) is 11.1 Å². The lowest BCUT2D eigenvalue weighted by Gasteiger charge is -2.37. The van der Waals surface area contributed by atoms with Crippen LogP contribution in [0.4, 0.5) is 4.79 Å². The Bertz CT molecular complexity index is 1010. The number of carboxylic acid groups (broad SMARTS) is 1. The van der Waals surface area contributed by atoms with Gasteiger partial charge in [0.05, 0.1) is 11.3 Å². The highest BCUT2D eigenvalue weighted by atomic mass is 16.5. The summed E-state index contributed by atoms with van der Waals surface area (Å²) in [7, 11) is 0. The largest absolute Gasteiger partial charge is 0.481 e. The number of aliphatic carboxylic acids is 1. The molecule has 2 aromatic rings. The van der Waals surface area contributed by atoms with Crippen molar-refractivity contribution < 1.29 is 24.2 Å². The molecule has 0 aromatic heterocycles. The van der Waals surface area contributed by atoms with Crippen molar-refractivity contribution in [1.82, 2.24) is 10.2 Å². The number of benzene rings is 2. The summed E-state index contributed by atoms with van der Waals surface area (Å²) >= 11 is 0. The van der Waals surface area contributed by atoms with Crippen LogP contribution in [0.25, 0.3) is 11.1 Å². The third-order valence-electron chi connectivity index (χ3n) is 7.01. The van der Waals surface area contributed by atoms with Crippen molar-refractivity contribution in [2.24, 2.45) is 11.3 Å². The van der Waals surface area contributed by atoms with Crippen molar-refractivity contribution in [1.29, 1.82) is 0 Å². The third kappa shape index (κ3) is 4.58. The Hall–Kier alpha value is -3.35. The predicted molar refractivity (Wildman–Crippen MR) is 124 cm³/mol. The molecule has 1 aliphatic heterocycles. The van der Waals surface area contributed by atoms with Crippen LogP contribution in [-0.4, -0.2) is 54.2 Å². The second-order valence-corrected chi connectivity index (χ2v) is 9.30. The molecule has 0 bridgehead atoms. The molecule has 1 fully saturated rings. The van der Waals surface area contributed by atoms with E-state index in [1.807, 2.05) is 24.3 Å². The monoisotopic (exact) mass is 450 g/mol. The first-order valence-electron chi connectivity index (χ1n) is 11.4. The van der Waals surface area contributed by atoms with E-state index < -0.39 is 23.4 Å². The SMILES string of the molecule is CC(CNC(=O)OCC1c2ccccc2-c2ccccc21)C(=O)N1CCC(C)(C(=O)O)CC1. The van der Waals surface area contributed by atoms with Crippen molar-refractivity contribution >= 4 is 18.0 Å². The second-order valence-electron chi connectivity index (χ2n) is 9.30. The summed E-state index contributed by atoms with van der Waals surface area (Å²) in [5, 5.41) is 12.1. The lowest BCUT2D eigenvalue weighted by atomic mass is 9.80. The number of hydrogen-bond donors (Lipinski definition) is 2. The van der Waals surface area contributed by atoms with Crippen LogP contribution in [0.3, 0.4) is 0 Å². The molecule has 0 radical (unpaired) electrons. The number of carboxylic acids is 1. The number of piperidine rings is 1. The zero-order valence-corrected chi connectivity index (χ0v) is 19.0. The lowest BCUT2D eigenvalue weighted by Crippen LogP contribution is -2.48. The number of amides is 2. The van der Waals surface area contributed by atoms with Crippen LogP contribution in [-0.2, 0) is 14.3 Å². The quantitative estimate of drug-likeness (QED) is 0.696. The highest BCUT2D eigenvalue weighted by Gasteiger charge is 2.38. The molecule has 7 nitrogen and oxygen atoms in total. The highest BCUT2D eigenvalue weighted by Crippen LogP contribution is 2.44. The molecule has 0 saturated carbocycles. The molecule has 0 spiro atoms. The van der Waals surface area contributed by atoms with Gasteiger partial charge in [0.25, 0.3) is 0 Å². The van der Waals surface area contributed by atoms with Crippen LogP contribution >= 0.6 is 0 Å². The minimum Gasteiger partial charge on any atom is -0.481 e. The predicted octanol–water partition coefficient (Wildman–Crippen LogP) is 3.87. The Labute approximate surface area is 193 Å². The number of hydrogen-bond acceptors (Lipinski definition) is 4. The average molecular weight is 451 g/mol. The van der Waals surface area contributed by atoms with E-state index >= 15 is 0 Å². The van der Waals surface area contributed by atoms with E-state index in [2.05, 4.69) is 29.6 Å². The third-order valence-corrected chi connectivity index (χ3v) is 7.01. The number of ether oxygens (including phenoxy) is 1. The van der Waals surface area contributed by atoms with Crippen LogP contribution in [0.15, 0.2) is 48.5 Å². The van der Waals surface area contributed by atoms with E-state index in [-0.39, 0.29) is 25.0 Å². The Morgan fingerprint density at radius 3 is 2.15 bits per heavy atom. The van der Waals surface area contributed by atoms with Crippen LogP contribution in [0, 0.1) is 11.3 Å². The fourth-order valence-corrected chi connectivity index (χ4v) is 4.72. The second kappa shape index (κ2) is 9.25. The Kier molecular flexibility index (Phi) is 6.40. The standard InChI is InChI=1S/C26H30N2O5/c1-17(23(29)28-13-11-26(2,12-14-28)24(30)31)15-27-25(32)33-16-22-20-9-5-3-7-18(20)19-8-4-6-10-21(19)22/h3-10,17,22H,11-16H2,1-2H3,(H,27,32)(H,30,31). The summed E-state index contributed by atoms with van der Waals surface area (Å²) in [6, 6.07) is 16.3. The topological polar surface area (TPSA) is 95.9 Å². The number of fused-ring (bicyclic) bond motifs is 3. The van der Waals surface area contributed by atoms with Crippen molar-refractivity contribution in [2.75, 3.05) is 26.2 Å². The maximum atomic E-state index is 12.7. The number of nitrogens with one attached hydrogen (secondary N) is 1. The van der Waals surface area contributed by atoms with Gasteiger partial charge >= 0.3 is 12.1 Å². The van der Waals surface area contributed by atoms with Gasteiger partial charge in [-0.15, -0.1) is 0 Å². The van der Waals surface area contributed by atoms with Gasteiger partial charge in [0.2, 0.25) is 5.91 Å². The molecular weight excluding hydrogens is 420 g/mol. The van der Waals surface area contributed by atoms with E-state index in [1.165, 1.54) is 11.1 Å². The molecule has 2 amide bonds. The number of likely N-dealkylation sites (tertiary alicyclic amines) is 1. The van der Waals surface area contributed by atoms with Crippen LogP contribution in [0.5, 0.6) is 0 Å². The molecule has 1 aliphatic carbocycles. The summed E-state index contributed by atoms with van der Waals surface area (Å²) in [4.78, 5) is 38.2. The molecule has 2 N–H and O–H groups in total. The first-order valence-corrected chi connectivity index (χ1v) is 11.4. The number of alkyl carbamates (subject to hydrolysis) is 1. The molecular formula is C26H30N2O5. The summed E-state index contributed by atoms with van der Waals surface area (Å²) in [6.07, 6.45) is 0.315. The van der Waals surface area contributed by atoms with Crippen LogP contribution in [0.1, 0.15) is 43.7 Å². The van der Waals surface area contributed by atoms with Gasteiger partial charge in [0.15, 0.2) is 0 Å². The van der Waals surface area contributed by atoms with Gasteiger partial charge in [-0.25, -0.2) is 4.79 Å². The maximum absolute atomic E-state index is 12.7. The molecule has 4 rings (SSSR count). The molecule has 2 aliphatic rings. The highest BCUT2D eigenvalue weighted by molar-refractivity contribution is 5.81. The van der Waals surface area contributed by atoms with Crippen molar-refractivity contribution in [3.05, 3.63) is 59.7 Å². The van der Waals surface area contributed by atoms with Gasteiger partial charge in [-0.05, 0) is 42.0 Å². The summed E-state index contributed by atoms with van der Waals surface area (Å²) in [6.45, 7) is 4.70. The zero-order chi connectivity index (χ0) is 23.6. The molecule has 1 unspecified atom stereocenters. The van der Waals surface area contributed by atoms with E-state index in [0.29, 0.717) is 25.9 Å². The molecule has 33 heavy (non-hydrogen) atoms. The molecule has 2 aromatic carbocycles. The smallest absolute Gasteiger partial charge is 0.407 e. The molecule has 1 atom stereocenters. The first-order chi connectivity index (χ1) is 15.8. The Morgan fingerprint density at radius 2 is 1.61 bits per heavy atom. The fraction of sp³-hybridized carbons (Fsp3) is 0.423. The normalized spacial score (nSPS) is 17.6. The maximum Gasteiger partial charge on any atom is 0.407 e. The van der Waals surface area contributed by atoms with Crippen LogP contribution < -0.4 is 5.32 Å². The minimum absolute atomic E-state index is 0.0147. The number of nitrogens with zero attached hydrogens (tertiary/aromatic N) is 1. The van der Waals surface area contributed by atoms with Crippen molar-refractivity contribution in [3.63, 3.8) is 0 Å². The first kappa shape index (κ1) is 22.8. The molecule has 7 heteroatoms. The zero-order valence-electron chi connectivity index (χ0n) is 19.0. The Morgan fingerprint density at radius 1 is 1.06 bits per heavy atom. The van der Waals surface area contributed by atoms with Crippen molar-refractivity contribution in [2.45, 2.75) is 32.6 Å². The van der Waals surface area contributed by atoms with E-state index in [0.717, 1.165) is 11.1 Å². The summed E-state index contributed by atoms with van der Waals surface area (Å²) < 4.78 is 5.53. The van der Waals surface area contributed by atoms with Crippen LogP contribution in [0.2, 0.25) is 0 Å². The lowest BCUT2D eigenvalue weighted by molar-refractivity contribution is -0.153. The van der Waals surface area contributed by atoms with E-state index in [1.54, 1.807) is 18.7 Å². The van der Waals surface area contributed by atoms with Gasteiger partial charge in [0, 0.05) is 25.6 Å². The summed E-state index contributed by atoms with van der Waals surface area (Å²) in [5.74, 6) is -1.33. The van der Waals surface area contributed by atoms with E-state index in [4.69, 9.17) is 4.74 Å². The molecule has 174 valence electrons.